The van der Waals surface area contributed by atoms with Crippen LogP contribution in [0.25, 0.3) is 10.8 Å². The van der Waals surface area contributed by atoms with Gasteiger partial charge in [-0.05, 0) is 54.5 Å². The highest BCUT2D eigenvalue weighted by Crippen LogP contribution is 2.39. The van der Waals surface area contributed by atoms with Gasteiger partial charge in [-0.25, -0.2) is 0 Å². The minimum atomic E-state index is 0.377. The van der Waals surface area contributed by atoms with E-state index >= 15 is 0 Å². The first kappa shape index (κ1) is 13.3. The average molecular weight is 281 g/mol. The van der Waals surface area contributed by atoms with Crippen LogP contribution < -0.4 is 5.32 Å². The summed E-state index contributed by atoms with van der Waals surface area (Å²) in [5.74, 6) is 0.814. The summed E-state index contributed by atoms with van der Waals surface area (Å²) in [6, 6.07) is 16.3. The second kappa shape index (κ2) is 5.43. The summed E-state index contributed by atoms with van der Waals surface area (Å²) >= 11 is 0. The largest absolute Gasteiger partial charge is 0.376 e. The van der Waals surface area contributed by atoms with Gasteiger partial charge in [0.2, 0.25) is 0 Å². The summed E-state index contributed by atoms with van der Waals surface area (Å²) in [5.41, 5.74) is 1.37. The third kappa shape index (κ3) is 2.70. The quantitative estimate of drug-likeness (QED) is 0.912. The zero-order chi connectivity index (χ0) is 14.2. The molecule has 2 aromatic rings. The molecule has 0 radical (unpaired) electrons. The molecular formula is C19H23NO. The molecule has 21 heavy (non-hydrogen) atoms. The van der Waals surface area contributed by atoms with Gasteiger partial charge in [0.25, 0.3) is 0 Å². The fraction of sp³-hybridized carbons (Fsp3) is 0.474. The van der Waals surface area contributed by atoms with Crippen LogP contribution >= 0.6 is 0 Å². The maximum atomic E-state index is 5.93. The summed E-state index contributed by atoms with van der Waals surface area (Å²) in [6.45, 7) is 3.19. The number of fused-ring (bicyclic) bond motifs is 1. The highest BCUT2D eigenvalue weighted by Gasteiger charge is 2.40. The first-order valence-electron chi connectivity index (χ1n) is 8.17. The summed E-state index contributed by atoms with van der Waals surface area (Å²) in [4.78, 5) is 0. The molecular weight excluding hydrogens is 258 g/mol. The van der Waals surface area contributed by atoms with Crippen molar-refractivity contribution in [2.75, 3.05) is 6.61 Å². The van der Waals surface area contributed by atoms with Crippen molar-refractivity contribution in [2.24, 2.45) is 5.92 Å². The molecule has 3 atom stereocenters. The molecule has 1 saturated carbocycles. The molecule has 2 heteroatoms. The molecule has 1 N–H and O–H groups in total. The molecule has 0 spiro atoms. The van der Waals surface area contributed by atoms with Crippen molar-refractivity contribution < 1.29 is 4.74 Å². The van der Waals surface area contributed by atoms with Crippen LogP contribution in [0, 0.1) is 5.92 Å². The highest BCUT2D eigenvalue weighted by atomic mass is 16.5. The van der Waals surface area contributed by atoms with Crippen LogP contribution in [0.2, 0.25) is 0 Å². The van der Waals surface area contributed by atoms with Gasteiger partial charge in [0, 0.05) is 18.7 Å². The summed E-state index contributed by atoms with van der Waals surface area (Å²) < 4.78 is 5.93. The summed E-state index contributed by atoms with van der Waals surface area (Å²) in [5, 5.41) is 6.44. The van der Waals surface area contributed by atoms with Gasteiger partial charge in [0.15, 0.2) is 0 Å². The average Bonchev–Trinajstić information content (AvgIpc) is 3.27. The van der Waals surface area contributed by atoms with E-state index < -0.39 is 0 Å². The van der Waals surface area contributed by atoms with Gasteiger partial charge in [0.05, 0.1) is 6.10 Å². The Hall–Kier alpha value is -1.38. The van der Waals surface area contributed by atoms with E-state index in [0.29, 0.717) is 18.2 Å². The zero-order valence-corrected chi connectivity index (χ0v) is 12.6. The van der Waals surface area contributed by atoms with Crippen molar-refractivity contribution in [3.63, 3.8) is 0 Å². The number of ether oxygens (including phenoxy) is 1. The molecule has 4 rings (SSSR count). The summed E-state index contributed by atoms with van der Waals surface area (Å²) in [7, 11) is 0. The Morgan fingerprint density at radius 3 is 2.67 bits per heavy atom. The number of rotatable bonds is 4. The van der Waals surface area contributed by atoms with Crippen LogP contribution in [0.15, 0.2) is 42.5 Å². The Morgan fingerprint density at radius 1 is 1.05 bits per heavy atom. The molecule has 2 nitrogen and oxygen atoms in total. The normalized spacial score (nSPS) is 27.1. The van der Waals surface area contributed by atoms with Gasteiger partial charge < -0.3 is 10.1 Å². The number of benzene rings is 2. The maximum absolute atomic E-state index is 5.93. The van der Waals surface area contributed by atoms with Gasteiger partial charge in [0.1, 0.15) is 0 Å². The first-order chi connectivity index (χ1) is 10.3. The molecule has 0 amide bonds. The molecule has 2 aromatic carbocycles. The monoisotopic (exact) mass is 281 g/mol. The van der Waals surface area contributed by atoms with E-state index in [1.54, 1.807) is 0 Å². The Kier molecular flexibility index (Phi) is 3.44. The predicted octanol–water partition coefficient (Wildman–Crippen LogP) is 4.06. The Morgan fingerprint density at radius 2 is 1.86 bits per heavy atom. The van der Waals surface area contributed by atoms with E-state index in [9.17, 15) is 0 Å². The van der Waals surface area contributed by atoms with Crippen LogP contribution in [-0.4, -0.2) is 18.8 Å². The zero-order valence-electron chi connectivity index (χ0n) is 12.6. The van der Waals surface area contributed by atoms with Gasteiger partial charge >= 0.3 is 0 Å². The fourth-order valence-electron chi connectivity index (χ4n) is 3.57. The van der Waals surface area contributed by atoms with E-state index in [0.717, 1.165) is 18.9 Å². The molecule has 110 valence electrons. The van der Waals surface area contributed by atoms with E-state index in [1.807, 2.05) is 0 Å². The SMILES string of the molecule is CC(NC1CCOC1C1CC1)c1ccc2ccccc2c1. The first-order valence-corrected chi connectivity index (χ1v) is 8.17. The van der Waals surface area contributed by atoms with Crippen LogP contribution in [-0.2, 0) is 4.74 Å². The van der Waals surface area contributed by atoms with Crippen LogP contribution in [0.4, 0.5) is 0 Å². The van der Waals surface area contributed by atoms with Crippen molar-refractivity contribution in [1.82, 2.24) is 5.32 Å². The van der Waals surface area contributed by atoms with E-state index in [4.69, 9.17) is 4.74 Å². The highest BCUT2D eigenvalue weighted by molar-refractivity contribution is 5.83. The van der Waals surface area contributed by atoms with Crippen LogP contribution in [0.1, 0.15) is 37.8 Å². The Labute approximate surface area is 126 Å². The topological polar surface area (TPSA) is 21.3 Å². The van der Waals surface area contributed by atoms with Crippen molar-refractivity contribution in [2.45, 2.75) is 44.4 Å². The van der Waals surface area contributed by atoms with Crippen molar-refractivity contribution in [3.05, 3.63) is 48.0 Å². The van der Waals surface area contributed by atoms with E-state index in [1.165, 1.54) is 29.2 Å². The number of hydrogen-bond donors (Lipinski definition) is 1. The minimum Gasteiger partial charge on any atom is -0.376 e. The smallest absolute Gasteiger partial charge is 0.0757 e. The Bertz CT molecular complexity index is 634. The lowest BCUT2D eigenvalue weighted by Crippen LogP contribution is -2.39. The molecule has 2 aliphatic rings. The predicted molar refractivity (Wildman–Crippen MR) is 86.4 cm³/mol. The van der Waals surface area contributed by atoms with Gasteiger partial charge in [-0.1, -0.05) is 36.4 Å². The molecule has 1 aliphatic heterocycles. The summed E-state index contributed by atoms with van der Waals surface area (Å²) in [6.07, 6.45) is 4.31. The second-order valence-electron chi connectivity index (χ2n) is 6.56. The molecule has 1 aliphatic carbocycles. The lowest BCUT2D eigenvalue weighted by atomic mass is 10.00. The second-order valence-corrected chi connectivity index (χ2v) is 6.56. The molecule has 1 saturated heterocycles. The molecule has 1 heterocycles. The van der Waals surface area contributed by atoms with E-state index in [-0.39, 0.29) is 0 Å². The van der Waals surface area contributed by atoms with E-state index in [2.05, 4.69) is 54.7 Å². The third-order valence-corrected chi connectivity index (χ3v) is 4.96. The molecule has 0 bridgehead atoms. The lowest BCUT2D eigenvalue weighted by Gasteiger charge is -2.24. The lowest BCUT2D eigenvalue weighted by molar-refractivity contribution is 0.0793. The minimum absolute atomic E-state index is 0.377. The van der Waals surface area contributed by atoms with Gasteiger partial charge in [-0.2, -0.15) is 0 Å². The van der Waals surface area contributed by atoms with Gasteiger partial charge in [-0.15, -0.1) is 0 Å². The molecule has 2 fully saturated rings. The van der Waals surface area contributed by atoms with Gasteiger partial charge in [-0.3, -0.25) is 0 Å². The standard InChI is InChI=1S/C19H23NO/c1-13(20-18-10-11-21-19(18)15-7-8-15)16-9-6-14-4-2-3-5-17(14)12-16/h2-6,9,12-13,15,18-20H,7-8,10-11H2,1H3. The number of hydrogen-bond acceptors (Lipinski definition) is 2. The molecule has 0 aromatic heterocycles. The number of nitrogens with one attached hydrogen (secondary N) is 1. The fourth-order valence-corrected chi connectivity index (χ4v) is 3.57. The molecule has 3 unspecified atom stereocenters. The Balaban J connectivity index is 1.51. The van der Waals surface area contributed by atoms with Crippen molar-refractivity contribution in [1.29, 1.82) is 0 Å². The van der Waals surface area contributed by atoms with Crippen molar-refractivity contribution >= 4 is 10.8 Å². The van der Waals surface area contributed by atoms with Crippen LogP contribution in [0.5, 0.6) is 0 Å². The third-order valence-electron chi connectivity index (χ3n) is 4.96. The maximum Gasteiger partial charge on any atom is 0.0757 e. The van der Waals surface area contributed by atoms with Crippen molar-refractivity contribution in [3.8, 4) is 0 Å². The van der Waals surface area contributed by atoms with Crippen LogP contribution in [0.3, 0.4) is 0 Å².